The summed E-state index contributed by atoms with van der Waals surface area (Å²) in [5.41, 5.74) is -0.168. The Labute approximate surface area is 460 Å². The lowest BCUT2D eigenvalue weighted by molar-refractivity contribution is -0.143. The van der Waals surface area contributed by atoms with Crippen molar-refractivity contribution in [2.24, 2.45) is 0 Å². The first-order chi connectivity index (χ1) is 37.4. The first-order valence-corrected chi connectivity index (χ1v) is 29.6. The highest BCUT2D eigenvalue weighted by atomic mass is 31.2. The molecule has 0 spiro atoms. The quantitative estimate of drug-likeness (QED) is 0.0257. The number of carbonyl (C=O) groups excluding carboxylic acids is 1. The Balaban J connectivity index is 1.58. The minimum Gasteiger partial charge on any atom is -0.497 e. The summed E-state index contributed by atoms with van der Waals surface area (Å²) in [6.07, 6.45) is 15.6. The molecule has 16 heteroatoms. The smallest absolute Gasteiger partial charge is 0.330 e. The summed E-state index contributed by atoms with van der Waals surface area (Å²) in [5, 5.41) is 9.66. The van der Waals surface area contributed by atoms with Gasteiger partial charge in [0, 0.05) is 37.4 Å². The summed E-state index contributed by atoms with van der Waals surface area (Å²) < 4.78 is 49.8. The van der Waals surface area contributed by atoms with Crippen LogP contribution in [0.1, 0.15) is 174 Å². The van der Waals surface area contributed by atoms with Crippen molar-refractivity contribution in [3.63, 3.8) is 0 Å². The molecule has 1 amide bonds. The molecule has 1 aliphatic heterocycles. The van der Waals surface area contributed by atoms with Crippen molar-refractivity contribution in [3.05, 3.63) is 129 Å². The van der Waals surface area contributed by atoms with Crippen LogP contribution in [0.25, 0.3) is 0 Å². The number of nitrogens with zero attached hydrogens (tertiary/aromatic N) is 4. The van der Waals surface area contributed by atoms with E-state index in [-0.39, 0.29) is 44.2 Å². The number of hydrogen-bond acceptors (Lipinski definition) is 12. The van der Waals surface area contributed by atoms with E-state index in [4.69, 9.17) is 32.7 Å². The summed E-state index contributed by atoms with van der Waals surface area (Å²) in [5.74, 6) is 1.17. The van der Waals surface area contributed by atoms with Crippen LogP contribution in [0.5, 0.6) is 11.5 Å². The van der Waals surface area contributed by atoms with Crippen LogP contribution in [0, 0.1) is 11.3 Å². The number of H-pyrrole nitrogens is 1. The highest BCUT2D eigenvalue weighted by Gasteiger charge is 2.52. The van der Waals surface area contributed by atoms with Crippen molar-refractivity contribution < 1.29 is 37.5 Å². The molecule has 77 heavy (non-hydrogen) atoms. The van der Waals surface area contributed by atoms with Gasteiger partial charge < -0.3 is 37.6 Å². The third-order valence-corrected chi connectivity index (χ3v) is 16.4. The fourth-order valence-electron chi connectivity index (χ4n) is 10.2. The van der Waals surface area contributed by atoms with Crippen LogP contribution in [0.3, 0.4) is 0 Å². The van der Waals surface area contributed by atoms with Crippen molar-refractivity contribution in [3.8, 4) is 17.6 Å². The summed E-state index contributed by atoms with van der Waals surface area (Å²) in [6.45, 7) is 13.6. The highest BCUT2D eigenvalue weighted by Crippen LogP contribution is 2.51. The topological polar surface area (TPSA) is 167 Å². The van der Waals surface area contributed by atoms with E-state index in [2.05, 4.69) is 57.3 Å². The normalized spacial score (nSPS) is 17.0. The molecule has 4 aromatic rings. The first-order valence-electron chi connectivity index (χ1n) is 28.5. The molecular formula is C61H90N5O10P. The molecule has 1 aliphatic rings. The second-order valence-corrected chi connectivity index (χ2v) is 22.0. The Hall–Kier alpha value is -4.91. The number of amides is 1. The van der Waals surface area contributed by atoms with Gasteiger partial charge in [0.1, 0.15) is 42.0 Å². The predicted octanol–water partition coefficient (Wildman–Crippen LogP) is 12.6. The van der Waals surface area contributed by atoms with E-state index in [0.29, 0.717) is 24.6 Å². The molecule has 5 rings (SSSR count). The van der Waals surface area contributed by atoms with Crippen molar-refractivity contribution >= 4 is 14.4 Å². The van der Waals surface area contributed by atoms with Gasteiger partial charge in [0.05, 0.1) is 39.9 Å². The lowest BCUT2D eigenvalue weighted by atomic mass is 9.80. The Kier molecular flexibility index (Phi) is 27.9. The van der Waals surface area contributed by atoms with E-state index in [1.54, 1.807) is 14.2 Å². The zero-order chi connectivity index (χ0) is 55.4. The number of ether oxygens (including phenoxy) is 5. The maximum atomic E-state index is 14.7. The van der Waals surface area contributed by atoms with Gasteiger partial charge in [-0.25, -0.2) is 9.46 Å². The molecule has 0 bridgehead atoms. The van der Waals surface area contributed by atoms with Crippen LogP contribution in [0.15, 0.2) is 101 Å². The fourth-order valence-corrected chi connectivity index (χ4v) is 11.9. The minimum atomic E-state index is -1.94. The minimum absolute atomic E-state index is 0.0594. The molecule has 424 valence electrons. The van der Waals surface area contributed by atoms with Gasteiger partial charge in [0.25, 0.3) is 14.1 Å². The summed E-state index contributed by atoms with van der Waals surface area (Å²) in [6, 6.07) is 28.7. The second-order valence-electron chi connectivity index (χ2n) is 20.6. The van der Waals surface area contributed by atoms with E-state index >= 15 is 0 Å². The van der Waals surface area contributed by atoms with Crippen molar-refractivity contribution in [2.45, 2.75) is 193 Å². The van der Waals surface area contributed by atoms with Gasteiger partial charge in [-0.05, 0) is 81.5 Å². The van der Waals surface area contributed by atoms with E-state index in [1.807, 2.05) is 83.8 Å². The van der Waals surface area contributed by atoms with Gasteiger partial charge in [-0.1, -0.05) is 158 Å². The van der Waals surface area contributed by atoms with Crippen LogP contribution in [-0.4, -0.2) is 103 Å². The van der Waals surface area contributed by atoms with Crippen molar-refractivity contribution in [1.29, 1.82) is 5.26 Å². The predicted molar refractivity (Wildman–Crippen MR) is 305 cm³/mol. The number of methoxy groups -OCH3 is 2. The first kappa shape index (κ1) is 62.9. The number of hydrogen-bond donors (Lipinski definition) is 1. The molecular weight excluding hydrogens is 994 g/mol. The van der Waals surface area contributed by atoms with Crippen molar-refractivity contribution in [1.82, 2.24) is 19.1 Å². The average molecular weight is 1080 g/mol. The number of unbranched alkanes of at least 4 members (excludes halogenated alkanes) is 14. The van der Waals surface area contributed by atoms with E-state index in [9.17, 15) is 19.6 Å². The number of benzene rings is 3. The summed E-state index contributed by atoms with van der Waals surface area (Å²) in [7, 11) is 1.31. The Morgan fingerprint density at radius 3 is 1.70 bits per heavy atom. The molecule has 1 aromatic heterocycles. The van der Waals surface area contributed by atoms with Crippen LogP contribution >= 0.6 is 8.53 Å². The number of carbonyl (C=O) groups is 1. The zero-order valence-corrected chi connectivity index (χ0v) is 48.4. The van der Waals surface area contributed by atoms with Crippen molar-refractivity contribution in [2.75, 3.05) is 47.1 Å². The lowest BCUT2D eigenvalue weighted by Crippen LogP contribution is -2.45. The van der Waals surface area contributed by atoms with Gasteiger partial charge >= 0.3 is 5.69 Å². The maximum absolute atomic E-state index is 14.7. The number of aromatic nitrogens is 2. The molecule has 2 heterocycles. The van der Waals surface area contributed by atoms with E-state index in [1.165, 1.54) is 81.0 Å². The number of aromatic amines is 1. The largest absolute Gasteiger partial charge is 0.497 e. The Morgan fingerprint density at radius 1 is 0.714 bits per heavy atom. The SMILES string of the molecule is CCCCCCCCCCN(CCCCCCCCCC)C(=O)COC1C(OP(OCCC#N)N(C(C)C)C(C)C)[C@@H](COC(c2ccccc2)(c2ccc(OC)cc2)c2ccc(OC)cc2)O[C@H]1n1ccc(=O)[nH]c1=O. The molecule has 0 saturated carbocycles. The van der Waals surface area contributed by atoms with E-state index in [0.717, 1.165) is 55.2 Å². The lowest BCUT2D eigenvalue weighted by Gasteiger charge is -2.39. The fraction of sp³-hybridized carbons (Fsp3) is 0.607. The molecule has 0 radical (unpaired) electrons. The molecule has 15 nitrogen and oxygen atoms in total. The highest BCUT2D eigenvalue weighted by molar-refractivity contribution is 7.44. The van der Waals surface area contributed by atoms with E-state index < -0.39 is 49.9 Å². The van der Waals surface area contributed by atoms with Crippen LogP contribution in [-0.2, 0) is 33.7 Å². The Morgan fingerprint density at radius 2 is 1.22 bits per heavy atom. The monoisotopic (exact) mass is 1080 g/mol. The number of nitrogens with one attached hydrogen (secondary N) is 1. The molecule has 3 unspecified atom stereocenters. The molecule has 0 aliphatic carbocycles. The number of nitriles is 1. The standard InChI is InChI=1S/C61H90N5O10P/c1-9-11-13-15-17-19-21-26-41-64(42-27-22-20-18-16-14-12-10-2)56(68)46-72-58-57(76-77(74-44-28-40-62)66(47(3)4)48(5)6)54(75-59(58)65-43-39-55(67)63-60(65)69)45-73-61(49-29-24-23-25-30-49,50-31-35-52(70-7)36-32-50)51-33-37-53(71-8)38-34-51/h23-25,29-39,43,47-48,54,57-59H,9-22,26-28,41-42,44-46H2,1-8H3,(H,63,67,69)/t54-,57?,58?,59-,77?/m1/s1. The molecule has 1 fully saturated rings. The zero-order valence-electron chi connectivity index (χ0n) is 47.5. The number of rotatable bonds is 38. The second kappa shape index (κ2) is 34.2. The third-order valence-electron chi connectivity index (χ3n) is 14.2. The van der Waals surface area contributed by atoms with Crippen LogP contribution < -0.4 is 20.7 Å². The molecule has 1 N–H and O–H groups in total. The average Bonchev–Trinajstić information content (AvgIpc) is 3.79. The summed E-state index contributed by atoms with van der Waals surface area (Å²) >= 11 is 0. The van der Waals surface area contributed by atoms with Gasteiger partial charge in [-0.3, -0.25) is 19.1 Å². The molecule has 3 aromatic carbocycles. The molecule has 5 atom stereocenters. The Bertz CT molecular complexity index is 2350. The van der Waals surface area contributed by atoms with Gasteiger partial charge in [-0.2, -0.15) is 5.26 Å². The van der Waals surface area contributed by atoms with Crippen LogP contribution in [0.2, 0.25) is 0 Å². The van der Waals surface area contributed by atoms with Gasteiger partial charge in [-0.15, -0.1) is 0 Å². The summed E-state index contributed by atoms with van der Waals surface area (Å²) in [4.78, 5) is 45.6. The van der Waals surface area contributed by atoms with Gasteiger partial charge in [0.2, 0.25) is 5.91 Å². The third kappa shape index (κ3) is 18.9. The van der Waals surface area contributed by atoms with Crippen LogP contribution in [0.4, 0.5) is 0 Å². The molecule has 1 saturated heterocycles. The maximum Gasteiger partial charge on any atom is 0.330 e. The van der Waals surface area contributed by atoms with Gasteiger partial charge in [0.15, 0.2) is 6.23 Å².